The number of carbonyl (C=O) groups is 1. The minimum absolute atomic E-state index is 0.0727. The standard InChI is InChI=1S/C22H36N4O/c1-5-24(4)22(27)23-20-15-19(16-20)9-10-25-11-13-26(14-12-25)21-8-6-7-17(2)18(21)3/h6-8,19-20H,5,9-16H2,1-4H3,(H,23,27). The van der Waals surface area contributed by atoms with Crippen LogP contribution in [-0.4, -0.2) is 68.2 Å². The summed E-state index contributed by atoms with van der Waals surface area (Å²) < 4.78 is 0. The van der Waals surface area contributed by atoms with Gasteiger partial charge in [0, 0.05) is 51.5 Å². The van der Waals surface area contributed by atoms with Crippen LogP contribution in [0.2, 0.25) is 0 Å². The smallest absolute Gasteiger partial charge is 0.317 e. The van der Waals surface area contributed by atoms with Gasteiger partial charge in [-0.05, 0) is 69.7 Å². The van der Waals surface area contributed by atoms with Gasteiger partial charge in [-0.3, -0.25) is 4.90 Å². The van der Waals surface area contributed by atoms with E-state index in [0.29, 0.717) is 6.04 Å². The van der Waals surface area contributed by atoms with Crippen molar-refractivity contribution in [3.8, 4) is 0 Å². The minimum atomic E-state index is 0.0727. The van der Waals surface area contributed by atoms with Gasteiger partial charge >= 0.3 is 6.03 Å². The fraction of sp³-hybridized carbons (Fsp3) is 0.682. The maximum Gasteiger partial charge on any atom is 0.317 e. The zero-order chi connectivity index (χ0) is 19.4. The van der Waals surface area contributed by atoms with Gasteiger partial charge in [0.05, 0.1) is 0 Å². The van der Waals surface area contributed by atoms with Crippen molar-refractivity contribution >= 4 is 11.7 Å². The third kappa shape index (κ3) is 4.95. The number of hydrogen-bond donors (Lipinski definition) is 1. The van der Waals surface area contributed by atoms with Crippen molar-refractivity contribution in [2.75, 3.05) is 51.2 Å². The summed E-state index contributed by atoms with van der Waals surface area (Å²) in [5.41, 5.74) is 4.21. The highest BCUT2D eigenvalue weighted by molar-refractivity contribution is 5.74. The lowest BCUT2D eigenvalue weighted by Crippen LogP contribution is -2.50. The summed E-state index contributed by atoms with van der Waals surface area (Å²) in [7, 11) is 1.85. The molecule has 1 heterocycles. The number of nitrogens with one attached hydrogen (secondary N) is 1. The van der Waals surface area contributed by atoms with Crippen molar-refractivity contribution in [2.45, 2.75) is 46.1 Å². The van der Waals surface area contributed by atoms with E-state index < -0.39 is 0 Å². The lowest BCUT2D eigenvalue weighted by atomic mass is 9.78. The van der Waals surface area contributed by atoms with Gasteiger partial charge in [0.15, 0.2) is 0 Å². The monoisotopic (exact) mass is 372 g/mol. The Kier molecular flexibility index (Phi) is 6.64. The van der Waals surface area contributed by atoms with Crippen molar-refractivity contribution < 1.29 is 4.79 Å². The van der Waals surface area contributed by atoms with E-state index in [4.69, 9.17) is 0 Å². The van der Waals surface area contributed by atoms with E-state index in [9.17, 15) is 4.79 Å². The third-order valence-corrected chi connectivity index (χ3v) is 6.53. The average Bonchev–Trinajstić information content (AvgIpc) is 2.65. The summed E-state index contributed by atoms with van der Waals surface area (Å²) in [6.45, 7) is 12.9. The summed E-state index contributed by atoms with van der Waals surface area (Å²) in [6, 6.07) is 7.09. The molecule has 2 fully saturated rings. The van der Waals surface area contributed by atoms with E-state index in [1.54, 1.807) is 4.90 Å². The zero-order valence-corrected chi connectivity index (χ0v) is 17.5. The van der Waals surface area contributed by atoms with Crippen molar-refractivity contribution in [3.63, 3.8) is 0 Å². The topological polar surface area (TPSA) is 38.8 Å². The second-order valence-electron chi connectivity index (χ2n) is 8.33. The SMILES string of the molecule is CCN(C)C(=O)NC1CC(CCN2CCN(c3cccc(C)c3C)CC2)C1. The van der Waals surface area contributed by atoms with Crippen LogP contribution in [0.1, 0.15) is 37.3 Å². The number of aryl methyl sites for hydroxylation is 1. The number of anilines is 1. The molecule has 1 aromatic carbocycles. The van der Waals surface area contributed by atoms with Crippen LogP contribution in [0.5, 0.6) is 0 Å². The van der Waals surface area contributed by atoms with E-state index in [2.05, 4.69) is 47.2 Å². The summed E-state index contributed by atoms with van der Waals surface area (Å²) in [5.74, 6) is 0.777. The highest BCUT2D eigenvalue weighted by atomic mass is 16.2. The molecular formula is C22H36N4O. The molecule has 27 heavy (non-hydrogen) atoms. The normalized spacial score (nSPS) is 23.0. The first-order valence-electron chi connectivity index (χ1n) is 10.5. The number of rotatable bonds is 6. The molecular weight excluding hydrogens is 336 g/mol. The van der Waals surface area contributed by atoms with E-state index in [1.807, 2.05) is 14.0 Å². The van der Waals surface area contributed by atoms with Gasteiger partial charge in [-0.1, -0.05) is 12.1 Å². The van der Waals surface area contributed by atoms with Gasteiger partial charge in [-0.15, -0.1) is 0 Å². The minimum Gasteiger partial charge on any atom is -0.369 e. The molecule has 0 bridgehead atoms. The first-order valence-corrected chi connectivity index (χ1v) is 10.5. The van der Waals surface area contributed by atoms with Gasteiger partial charge in [0.25, 0.3) is 0 Å². The van der Waals surface area contributed by atoms with Gasteiger partial charge in [-0.2, -0.15) is 0 Å². The molecule has 5 nitrogen and oxygen atoms in total. The van der Waals surface area contributed by atoms with Crippen LogP contribution in [0.3, 0.4) is 0 Å². The summed E-state index contributed by atoms with van der Waals surface area (Å²) in [5, 5.41) is 3.14. The molecule has 0 radical (unpaired) electrons. The number of amides is 2. The number of hydrogen-bond acceptors (Lipinski definition) is 3. The molecule has 3 rings (SSSR count). The largest absolute Gasteiger partial charge is 0.369 e. The van der Waals surface area contributed by atoms with Gasteiger partial charge in [-0.25, -0.2) is 4.79 Å². The quantitative estimate of drug-likeness (QED) is 0.833. The molecule has 0 atom stereocenters. The second-order valence-corrected chi connectivity index (χ2v) is 8.33. The molecule has 1 aliphatic carbocycles. The Labute approximate surface area is 164 Å². The van der Waals surface area contributed by atoms with Crippen molar-refractivity contribution in [1.82, 2.24) is 15.1 Å². The van der Waals surface area contributed by atoms with Crippen LogP contribution in [0, 0.1) is 19.8 Å². The third-order valence-electron chi connectivity index (χ3n) is 6.53. The van der Waals surface area contributed by atoms with Gasteiger partial charge < -0.3 is 15.1 Å². The van der Waals surface area contributed by atoms with Gasteiger partial charge in [0.1, 0.15) is 0 Å². The highest BCUT2D eigenvalue weighted by Crippen LogP contribution is 2.31. The van der Waals surface area contributed by atoms with Crippen molar-refractivity contribution in [3.05, 3.63) is 29.3 Å². The van der Waals surface area contributed by atoms with Crippen LogP contribution >= 0.6 is 0 Å². The molecule has 1 N–H and O–H groups in total. The van der Waals surface area contributed by atoms with Crippen LogP contribution in [0.15, 0.2) is 18.2 Å². The lowest BCUT2D eigenvalue weighted by molar-refractivity contribution is 0.159. The van der Waals surface area contributed by atoms with E-state index in [0.717, 1.165) is 51.5 Å². The lowest BCUT2D eigenvalue weighted by Gasteiger charge is -2.40. The number of piperazine rings is 1. The van der Waals surface area contributed by atoms with E-state index in [1.165, 1.54) is 29.8 Å². The number of carbonyl (C=O) groups excluding carboxylic acids is 1. The Bertz CT molecular complexity index is 633. The fourth-order valence-electron chi connectivity index (χ4n) is 4.17. The highest BCUT2D eigenvalue weighted by Gasteiger charge is 2.31. The zero-order valence-electron chi connectivity index (χ0n) is 17.5. The van der Waals surface area contributed by atoms with Gasteiger partial charge in [0.2, 0.25) is 0 Å². The van der Waals surface area contributed by atoms with Crippen LogP contribution in [0.25, 0.3) is 0 Å². The molecule has 1 saturated carbocycles. The van der Waals surface area contributed by atoms with Crippen LogP contribution in [0.4, 0.5) is 10.5 Å². The summed E-state index contributed by atoms with van der Waals surface area (Å²) in [4.78, 5) is 18.8. The molecule has 2 amide bonds. The molecule has 5 heteroatoms. The Morgan fingerprint density at radius 2 is 1.89 bits per heavy atom. The number of benzene rings is 1. The summed E-state index contributed by atoms with van der Waals surface area (Å²) in [6.07, 6.45) is 3.55. The predicted octanol–water partition coefficient (Wildman–Crippen LogP) is 3.26. The maximum atomic E-state index is 11.9. The Balaban J connectivity index is 1.34. The molecule has 1 aromatic rings. The maximum absolute atomic E-state index is 11.9. The second kappa shape index (κ2) is 8.96. The molecule has 1 aliphatic heterocycles. The molecule has 0 aromatic heterocycles. The molecule has 1 saturated heterocycles. The van der Waals surface area contributed by atoms with E-state index >= 15 is 0 Å². The first-order chi connectivity index (χ1) is 13.0. The fourth-order valence-corrected chi connectivity index (χ4v) is 4.17. The Morgan fingerprint density at radius 3 is 2.56 bits per heavy atom. The van der Waals surface area contributed by atoms with Crippen LogP contribution in [-0.2, 0) is 0 Å². The Hall–Kier alpha value is -1.75. The number of urea groups is 1. The first kappa shape index (κ1) is 20.0. The molecule has 0 unspecified atom stereocenters. The molecule has 150 valence electrons. The van der Waals surface area contributed by atoms with Crippen LogP contribution < -0.4 is 10.2 Å². The molecule has 2 aliphatic rings. The van der Waals surface area contributed by atoms with Crippen molar-refractivity contribution in [2.24, 2.45) is 5.92 Å². The number of nitrogens with zero attached hydrogens (tertiary/aromatic N) is 3. The van der Waals surface area contributed by atoms with E-state index in [-0.39, 0.29) is 6.03 Å². The van der Waals surface area contributed by atoms with Crippen molar-refractivity contribution in [1.29, 1.82) is 0 Å². The Morgan fingerprint density at radius 1 is 1.19 bits per heavy atom. The summed E-state index contributed by atoms with van der Waals surface area (Å²) >= 11 is 0. The average molecular weight is 373 g/mol. The predicted molar refractivity (Wildman–Crippen MR) is 113 cm³/mol. The molecule has 0 spiro atoms.